The molecule has 150 valence electrons. The molecule has 7 nitrogen and oxygen atoms in total. The maximum absolute atomic E-state index is 13.1. The highest BCUT2D eigenvalue weighted by molar-refractivity contribution is 7.53. The van der Waals surface area contributed by atoms with Gasteiger partial charge in [-0.25, -0.2) is 4.90 Å². The average Bonchev–Trinajstić information content (AvgIpc) is 2.87. The van der Waals surface area contributed by atoms with Crippen molar-refractivity contribution >= 4 is 19.4 Å². The molecule has 0 saturated carbocycles. The Morgan fingerprint density at radius 3 is 1.96 bits per heavy atom. The van der Waals surface area contributed by atoms with E-state index in [9.17, 15) is 14.2 Å². The first-order chi connectivity index (χ1) is 12.8. The first-order valence-corrected chi connectivity index (χ1v) is 11.0. The van der Waals surface area contributed by atoms with Gasteiger partial charge in [-0.3, -0.25) is 14.2 Å². The number of carbonyl (C=O) groups is 2. The molecule has 2 amide bonds. The van der Waals surface area contributed by atoms with Crippen LogP contribution in [-0.2, 0) is 18.3 Å². The number of imide groups is 1. The van der Waals surface area contributed by atoms with E-state index in [-0.39, 0.29) is 19.4 Å². The minimum atomic E-state index is -3.56. The third-order valence-corrected chi connectivity index (χ3v) is 6.59. The fourth-order valence-corrected chi connectivity index (χ4v) is 5.11. The van der Waals surface area contributed by atoms with Crippen molar-refractivity contribution < 1.29 is 27.9 Å². The first kappa shape index (κ1) is 21.8. The number of hydrogen-bond acceptors (Lipinski definition) is 6. The molecule has 1 aliphatic heterocycles. The van der Waals surface area contributed by atoms with Gasteiger partial charge >= 0.3 is 7.60 Å². The van der Waals surface area contributed by atoms with Crippen LogP contribution in [0.25, 0.3) is 0 Å². The summed E-state index contributed by atoms with van der Waals surface area (Å²) in [7, 11) is -3.56. The predicted octanol–water partition coefficient (Wildman–Crippen LogP) is 4.08. The quantitative estimate of drug-likeness (QED) is 0.318. The van der Waals surface area contributed by atoms with Gasteiger partial charge in [0.15, 0.2) is 5.72 Å². The molecule has 0 radical (unpaired) electrons. The summed E-state index contributed by atoms with van der Waals surface area (Å²) in [6, 6.07) is 6.61. The molecular formula is C19H28NO6P. The van der Waals surface area contributed by atoms with Gasteiger partial charge in [-0.2, -0.15) is 0 Å². The first-order valence-electron chi connectivity index (χ1n) is 9.32. The van der Waals surface area contributed by atoms with Crippen molar-refractivity contribution in [3.05, 3.63) is 35.4 Å². The molecule has 1 heterocycles. The fraction of sp³-hybridized carbons (Fsp3) is 0.579. The van der Waals surface area contributed by atoms with Gasteiger partial charge in [0, 0.05) is 6.61 Å². The minimum Gasteiger partial charge on any atom is -0.355 e. The SMILES string of the molecule is CCCCOC(C)(CP(=O)(OCC)OCC)N1C(=O)c2ccccc2C1=O. The van der Waals surface area contributed by atoms with Crippen LogP contribution in [0.1, 0.15) is 61.3 Å². The van der Waals surface area contributed by atoms with E-state index < -0.39 is 25.1 Å². The molecule has 0 spiro atoms. The van der Waals surface area contributed by atoms with Gasteiger partial charge in [0.1, 0.15) is 0 Å². The molecule has 0 aromatic heterocycles. The minimum absolute atomic E-state index is 0.185. The summed E-state index contributed by atoms with van der Waals surface area (Å²) in [5.74, 6) is -0.928. The van der Waals surface area contributed by atoms with Crippen LogP contribution >= 0.6 is 7.60 Å². The second-order valence-corrected chi connectivity index (χ2v) is 8.53. The van der Waals surface area contributed by atoms with E-state index >= 15 is 0 Å². The van der Waals surface area contributed by atoms with Crippen molar-refractivity contribution in [3.8, 4) is 0 Å². The molecule has 1 unspecified atom stereocenters. The lowest BCUT2D eigenvalue weighted by Crippen LogP contribution is -2.54. The lowest BCUT2D eigenvalue weighted by atomic mass is 10.1. The molecule has 27 heavy (non-hydrogen) atoms. The van der Waals surface area contributed by atoms with Gasteiger partial charge in [0.05, 0.1) is 30.5 Å². The zero-order chi connectivity index (χ0) is 20.1. The van der Waals surface area contributed by atoms with Crippen molar-refractivity contribution in [1.29, 1.82) is 0 Å². The van der Waals surface area contributed by atoms with E-state index in [0.29, 0.717) is 17.7 Å². The highest BCUT2D eigenvalue weighted by atomic mass is 31.2. The Kier molecular flexibility index (Phi) is 7.34. The van der Waals surface area contributed by atoms with Crippen LogP contribution in [0.4, 0.5) is 0 Å². The monoisotopic (exact) mass is 397 g/mol. The van der Waals surface area contributed by atoms with Gasteiger partial charge in [-0.1, -0.05) is 25.5 Å². The second kappa shape index (κ2) is 9.11. The number of unbranched alkanes of at least 4 members (excludes halogenated alkanes) is 1. The summed E-state index contributed by atoms with van der Waals surface area (Å²) < 4.78 is 29.9. The highest BCUT2D eigenvalue weighted by Crippen LogP contribution is 2.52. The van der Waals surface area contributed by atoms with Crippen LogP contribution in [0.2, 0.25) is 0 Å². The third kappa shape index (κ3) is 4.66. The summed E-state index contributed by atoms with van der Waals surface area (Å²) >= 11 is 0. The zero-order valence-corrected chi connectivity index (χ0v) is 17.3. The summed E-state index contributed by atoms with van der Waals surface area (Å²) in [5, 5.41) is 0. The maximum atomic E-state index is 13.1. The molecule has 2 rings (SSSR count). The van der Waals surface area contributed by atoms with Crippen molar-refractivity contribution in [2.45, 2.75) is 46.3 Å². The van der Waals surface area contributed by atoms with Gasteiger partial charge in [-0.05, 0) is 39.3 Å². The second-order valence-electron chi connectivity index (χ2n) is 6.47. The summed E-state index contributed by atoms with van der Waals surface area (Å²) in [6.45, 7) is 7.71. The molecule has 0 saturated heterocycles. The molecule has 1 aliphatic rings. The van der Waals surface area contributed by atoms with Crippen LogP contribution in [0.3, 0.4) is 0 Å². The summed E-state index contributed by atoms with van der Waals surface area (Å²) in [6.07, 6.45) is 1.40. The van der Waals surface area contributed by atoms with Gasteiger partial charge in [-0.15, -0.1) is 0 Å². The van der Waals surface area contributed by atoms with E-state index in [1.165, 1.54) is 0 Å². The molecule has 0 N–H and O–H groups in total. The number of hydrogen-bond donors (Lipinski definition) is 0. The van der Waals surface area contributed by atoms with Crippen molar-refractivity contribution in [1.82, 2.24) is 4.90 Å². The van der Waals surface area contributed by atoms with E-state index in [4.69, 9.17) is 13.8 Å². The van der Waals surface area contributed by atoms with E-state index in [1.807, 2.05) is 6.92 Å². The number of rotatable bonds is 11. The highest BCUT2D eigenvalue weighted by Gasteiger charge is 2.51. The Morgan fingerprint density at radius 2 is 1.52 bits per heavy atom. The van der Waals surface area contributed by atoms with Crippen molar-refractivity contribution in [2.24, 2.45) is 0 Å². The molecule has 0 fully saturated rings. The molecule has 0 bridgehead atoms. The van der Waals surface area contributed by atoms with E-state index in [0.717, 1.165) is 17.7 Å². The lowest BCUT2D eigenvalue weighted by molar-refractivity contribution is -0.0964. The molecule has 8 heteroatoms. The topological polar surface area (TPSA) is 82.1 Å². The normalized spacial score (nSPS) is 16.5. The van der Waals surface area contributed by atoms with E-state index in [1.54, 1.807) is 45.0 Å². The zero-order valence-electron chi connectivity index (χ0n) is 16.4. The summed E-state index contributed by atoms with van der Waals surface area (Å²) in [5.41, 5.74) is -0.812. The van der Waals surface area contributed by atoms with Gasteiger partial charge in [0.25, 0.3) is 11.8 Å². The lowest BCUT2D eigenvalue weighted by Gasteiger charge is -2.38. The van der Waals surface area contributed by atoms with Gasteiger partial charge < -0.3 is 13.8 Å². The Hall–Kier alpha value is -1.53. The number of carbonyl (C=O) groups excluding carboxylic acids is 2. The van der Waals surface area contributed by atoms with Crippen LogP contribution < -0.4 is 0 Å². The number of benzene rings is 1. The maximum Gasteiger partial charge on any atom is 0.335 e. The van der Waals surface area contributed by atoms with E-state index in [2.05, 4.69) is 0 Å². The molecule has 1 atom stereocenters. The van der Waals surface area contributed by atoms with Crippen LogP contribution in [0, 0.1) is 0 Å². The Morgan fingerprint density at radius 1 is 1.00 bits per heavy atom. The van der Waals surface area contributed by atoms with Crippen LogP contribution in [-0.4, -0.2) is 48.4 Å². The molecule has 1 aromatic rings. The third-order valence-electron chi connectivity index (χ3n) is 4.32. The Bertz CT molecular complexity index is 692. The Labute approximate surface area is 160 Å². The number of amides is 2. The fourth-order valence-electron chi connectivity index (χ4n) is 3.12. The number of fused-ring (bicyclic) bond motifs is 1. The predicted molar refractivity (Wildman–Crippen MR) is 102 cm³/mol. The molecule has 0 aliphatic carbocycles. The van der Waals surface area contributed by atoms with Crippen LogP contribution in [0.5, 0.6) is 0 Å². The summed E-state index contributed by atoms with van der Waals surface area (Å²) in [4.78, 5) is 26.9. The molecule has 1 aromatic carbocycles. The standard InChI is InChI=1S/C19H28NO6P/c1-5-8-13-24-19(4,14-27(23,25-6-2)26-7-3)20-17(21)15-11-9-10-12-16(15)18(20)22/h9-12H,5-8,13-14H2,1-4H3. The van der Waals surface area contributed by atoms with Gasteiger partial charge in [0.2, 0.25) is 0 Å². The Balaban J connectivity index is 2.40. The van der Waals surface area contributed by atoms with Crippen molar-refractivity contribution in [3.63, 3.8) is 0 Å². The molecular weight excluding hydrogens is 369 g/mol. The average molecular weight is 397 g/mol. The largest absolute Gasteiger partial charge is 0.355 e. The van der Waals surface area contributed by atoms with Crippen molar-refractivity contribution in [2.75, 3.05) is 26.0 Å². The smallest absolute Gasteiger partial charge is 0.335 e. The number of ether oxygens (including phenoxy) is 1. The van der Waals surface area contributed by atoms with Crippen LogP contribution in [0.15, 0.2) is 24.3 Å². The number of nitrogens with zero attached hydrogens (tertiary/aromatic N) is 1.